The molecule has 3 rings (SSSR count). The Hall–Kier alpha value is -1.85. The van der Waals surface area contributed by atoms with Crippen LogP contribution in [0.3, 0.4) is 0 Å². The van der Waals surface area contributed by atoms with Crippen LogP contribution in [0.15, 0.2) is 35.0 Å². The molecule has 0 unspecified atom stereocenters. The molecule has 1 aliphatic rings. The second-order valence-electron chi connectivity index (χ2n) is 5.70. The third kappa shape index (κ3) is 2.86. The van der Waals surface area contributed by atoms with Crippen LogP contribution in [0.4, 0.5) is 17.1 Å². The molecule has 0 saturated heterocycles. The molecule has 0 atom stereocenters. The van der Waals surface area contributed by atoms with Gasteiger partial charge in [0.2, 0.25) is 0 Å². The maximum atomic E-state index is 13.1. The van der Waals surface area contributed by atoms with E-state index in [1.165, 1.54) is 0 Å². The highest BCUT2D eigenvalue weighted by Gasteiger charge is 2.29. The van der Waals surface area contributed by atoms with Crippen molar-refractivity contribution in [2.24, 2.45) is 0 Å². The Kier molecular flexibility index (Phi) is 4.68. The molecule has 1 aliphatic heterocycles. The topological polar surface area (TPSA) is 26.8 Å². The van der Waals surface area contributed by atoms with Gasteiger partial charge in [0.05, 0.1) is 22.6 Å². The molecule has 0 radical (unpaired) electrons. The first-order valence-electron chi connectivity index (χ1n) is 8.10. The predicted molar refractivity (Wildman–Crippen MR) is 98.3 cm³/mol. The number of rotatable bonds is 5. The van der Waals surface area contributed by atoms with Crippen molar-refractivity contribution in [3.63, 3.8) is 0 Å². The summed E-state index contributed by atoms with van der Waals surface area (Å²) in [6.45, 7) is 7.92. The molecule has 23 heavy (non-hydrogen) atoms. The third-order valence-corrected chi connectivity index (χ3v) is 5.28. The van der Waals surface area contributed by atoms with Crippen LogP contribution >= 0.6 is 11.3 Å². The van der Waals surface area contributed by atoms with Gasteiger partial charge in [0.25, 0.3) is 5.91 Å². The van der Waals surface area contributed by atoms with Crippen LogP contribution < -0.4 is 9.80 Å². The van der Waals surface area contributed by atoms with Gasteiger partial charge in [-0.3, -0.25) is 4.79 Å². The van der Waals surface area contributed by atoms with Crippen LogP contribution in [0, 0.1) is 0 Å². The molecule has 0 bridgehead atoms. The Balaban J connectivity index is 2.00. The number of likely N-dealkylation sites (N-methyl/N-ethyl adjacent to an activating group) is 1. The number of thiophene rings is 1. The van der Waals surface area contributed by atoms with Crippen LogP contribution in [0.1, 0.15) is 24.2 Å². The lowest BCUT2D eigenvalue weighted by Gasteiger charge is -2.27. The van der Waals surface area contributed by atoms with E-state index in [4.69, 9.17) is 0 Å². The predicted octanol–water partition coefficient (Wildman–Crippen LogP) is 3.82. The van der Waals surface area contributed by atoms with Crippen molar-refractivity contribution in [3.05, 3.63) is 40.6 Å². The van der Waals surface area contributed by atoms with Gasteiger partial charge in [-0.15, -0.1) is 11.3 Å². The molecule has 1 aromatic carbocycles. The summed E-state index contributed by atoms with van der Waals surface area (Å²) >= 11 is 1.58. The third-order valence-electron chi connectivity index (χ3n) is 4.55. The van der Waals surface area contributed by atoms with Gasteiger partial charge in [-0.1, -0.05) is 26.0 Å². The molecule has 0 N–H and O–H groups in total. The van der Waals surface area contributed by atoms with Gasteiger partial charge >= 0.3 is 0 Å². The van der Waals surface area contributed by atoms with E-state index in [0.717, 1.165) is 42.3 Å². The molecule has 4 nitrogen and oxygen atoms in total. The summed E-state index contributed by atoms with van der Waals surface area (Å²) in [4.78, 5) is 19.5. The lowest BCUT2D eigenvalue weighted by molar-refractivity contribution is 0.0985. The zero-order valence-electron chi connectivity index (χ0n) is 14.0. The standard InChI is InChI=1S/C18H23N3OS/c1-4-20(5-2)10-11-21-16-9-7-6-8-15(16)19(3)17-13-23-12-14(17)18(21)22/h6-9,12-13H,4-5,10-11H2,1-3H3. The normalized spacial score (nSPS) is 14.0. The number of nitrogens with zero attached hydrogens (tertiary/aromatic N) is 3. The molecule has 5 heteroatoms. The maximum absolute atomic E-state index is 13.1. The number of anilines is 3. The van der Waals surface area contributed by atoms with Crippen LogP contribution in [-0.2, 0) is 0 Å². The van der Waals surface area contributed by atoms with E-state index >= 15 is 0 Å². The van der Waals surface area contributed by atoms with Crippen LogP contribution in [0.5, 0.6) is 0 Å². The molecule has 2 heterocycles. The van der Waals surface area contributed by atoms with Gasteiger partial charge < -0.3 is 14.7 Å². The van der Waals surface area contributed by atoms with Gasteiger partial charge in [0, 0.05) is 30.9 Å². The number of fused-ring (bicyclic) bond motifs is 2. The zero-order chi connectivity index (χ0) is 16.4. The van der Waals surface area contributed by atoms with E-state index in [1.807, 2.05) is 35.5 Å². The van der Waals surface area contributed by atoms with E-state index in [1.54, 1.807) is 11.3 Å². The summed E-state index contributed by atoms with van der Waals surface area (Å²) in [5.41, 5.74) is 3.87. The minimum absolute atomic E-state index is 0.102. The number of hydrogen-bond acceptors (Lipinski definition) is 4. The SMILES string of the molecule is CCN(CC)CCN1C(=O)c2cscc2N(C)c2ccccc21. The van der Waals surface area contributed by atoms with Crippen molar-refractivity contribution in [2.75, 3.05) is 43.0 Å². The van der Waals surface area contributed by atoms with E-state index in [2.05, 4.69) is 35.1 Å². The minimum atomic E-state index is 0.102. The molecular formula is C18H23N3OS. The highest BCUT2D eigenvalue weighted by atomic mass is 32.1. The zero-order valence-corrected chi connectivity index (χ0v) is 14.8. The monoisotopic (exact) mass is 329 g/mol. The summed E-state index contributed by atoms with van der Waals surface area (Å²) in [5, 5.41) is 4.02. The van der Waals surface area contributed by atoms with Crippen LogP contribution in [-0.4, -0.2) is 44.0 Å². The Morgan fingerprint density at radius 1 is 1.04 bits per heavy atom. The van der Waals surface area contributed by atoms with Crippen molar-refractivity contribution in [1.82, 2.24) is 4.90 Å². The van der Waals surface area contributed by atoms with Crippen LogP contribution in [0.2, 0.25) is 0 Å². The van der Waals surface area contributed by atoms with Gasteiger partial charge in [-0.2, -0.15) is 0 Å². The maximum Gasteiger partial charge on any atom is 0.261 e. The molecule has 1 amide bonds. The first kappa shape index (κ1) is 16.0. The fraction of sp³-hybridized carbons (Fsp3) is 0.389. The van der Waals surface area contributed by atoms with Gasteiger partial charge in [-0.05, 0) is 25.2 Å². The minimum Gasteiger partial charge on any atom is -0.342 e. The molecule has 1 aromatic heterocycles. The van der Waals surface area contributed by atoms with Crippen molar-refractivity contribution in [2.45, 2.75) is 13.8 Å². The number of hydrogen-bond donors (Lipinski definition) is 0. The Morgan fingerprint density at radius 3 is 2.43 bits per heavy atom. The second kappa shape index (κ2) is 6.72. The van der Waals surface area contributed by atoms with Crippen molar-refractivity contribution >= 4 is 34.3 Å². The lowest BCUT2D eigenvalue weighted by atomic mass is 10.2. The summed E-state index contributed by atoms with van der Waals surface area (Å²) in [5.74, 6) is 0.102. The smallest absolute Gasteiger partial charge is 0.261 e. The molecule has 0 aliphatic carbocycles. The molecular weight excluding hydrogens is 306 g/mol. The molecule has 0 saturated carbocycles. The van der Waals surface area contributed by atoms with Crippen molar-refractivity contribution < 1.29 is 4.79 Å². The summed E-state index contributed by atoms with van der Waals surface area (Å²) in [7, 11) is 2.03. The molecule has 122 valence electrons. The number of carbonyl (C=O) groups excluding carboxylic acids is 1. The molecule has 0 spiro atoms. The Labute approximate surface area is 141 Å². The number of amides is 1. The number of para-hydroxylation sites is 2. The average Bonchev–Trinajstić information content (AvgIpc) is 3.05. The average molecular weight is 329 g/mol. The fourth-order valence-electron chi connectivity index (χ4n) is 3.07. The first-order valence-corrected chi connectivity index (χ1v) is 9.04. The fourth-order valence-corrected chi connectivity index (χ4v) is 3.91. The van der Waals surface area contributed by atoms with E-state index in [0.29, 0.717) is 6.54 Å². The summed E-state index contributed by atoms with van der Waals surface area (Å²) < 4.78 is 0. The second-order valence-corrected chi connectivity index (χ2v) is 6.45. The van der Waals surface area contributed by atoms with Crippen LogP contribution in [0.25, 0.3) is 0 Å². The Morgan fingerprint density at radius 2 is 1.74 bits per heavy atom. The highest BCUT2D eigenvalue weighted by Crippen LogP contribution is 2.40. The number of benzene rings is 1. The van der Waals surface area contributed by atoms with E-state index in [-0.39, 0.29) is 5.91 Å². The quantitative estimate of drug-likeness (QED) is 0.834. The molecule has 2 aromatic rings. The summed E-state index contributed by atoms with van der Waals surface area (Å²) in [6.07, 6.45) is 0. The highest BCUT2D eigenvalue weighted by molar-refractivity contribution is 7.08. The van der Waals surface area contributed by atoms with E-state index < -0.39 is 0 Å². The number of carbonyl (C=O) groups is 1. The first-order chi connectivity index (χ1) is 11.2. The van der Waals surface area contributed by atoms with Crippen molar-refractivity contribution in [1.29, 1.82) is 0 Å². The van der Waals surface area contributed by atoms with Gasteiger partial charge in [0.15, 0.2) is 0 Å². The van der Waals surface area contributed by atoms with Crippen molar-refractivity contribution in [3.8, 4) is 0 Å². The largest absolute Gasteiger partial charge is 0.342 e. The lowest BCUT2D eigenvalue weighted by Crippen LogP contribution is -2.38. The van der Waals surface area contributed by atoms with Gasteiger partial charge in [-0.25, -0.2) is 0 Å². The van der Waals surface area contributed by atoms with Gasteiger partial charge in [0.1, 0.15) is 0 Å². The van der Waals surface area contributed by atoms with E-state index in [9.17, 15) is 4.79 Å². The molecule has 0 fully saturated rings. The summed E-state index contributed by atoms with van der Waals surface area (Å²) in [6, 6.07) is 8.16. The Bertz CT molecular complexity index is 693.